The van der Waals surface area contributed by atoms with E-state index in [0.29, 0.717) is 23.9 Å². The summed E-state index contributed by atoms with van der Waals surface area (Å²) in [5.41, 5.74) is 6.36. The van der Waals surface area contributed by atoms with Crippen molar-refractivity contribution in [2.24, 2.45) is 0 Å². The Morgan fingerprint density at radius 3 is 3.00 bits per heavy atom. The minimum Gasteiger partial charge on any atom is -0.369 e. The van der Waals surface area contributed by atoms with Crippen molar-refractivity contribution >= 4 is 29.0 Å². The molecule has 3 rings (SSSR count). The molecule has 3 aromatic rings. The van der Waals surface area contributed by atoms with Crippen LogP contribution in [-0.2, 0) is 6.42 Å². The summed E-state index contributed by atoms with van der Waals surface area (Å²) in [6.07, 6.45) is 2.64. The van der Waals surface area contributed by atoms with Crippen LogP contribution in [0.15, 0.2) is 30.5 Å². The van der Waals surface area contributed by atoms with E-state index in [4.69, 9.17) is 17.3 Å². The highest BCUT2D eigenvalue weighted by molar-refractivity contribution is 6.29. The number of nitrogens with one attached hydrogen (secondary N) is 1. The van der Waals surface area contributed by atoms with Gasteiger partial charge in [-0.05, 0) is 12.1 Å². The van der Waals surface area contributed by atoms with Gasteiger partial charge in [0, 0.05) is 25.2 Å². The van der Waals surface area contributed by atoms with Crippen molar-refractivity contribution in [1.29, 1.82) is 0 Å². The lowest BCUT2D eigenvalue weighted by Crippen LogP contribution is -2.09. The van der Waals surface area contributed by atoms with E-state index in [1.165, 1.54) is 0 Å². The van der Waals surface area contributed by atoms with Crippen LogP contribution in [0.25, 0.3) is 5.65 Å². The standard InChI is InChI=1S/C12H12ClN7/c13-8-7-9(17-12(14)16-8)15-5-4-11-19-18-10-3-1-2-6-20(10)11/h1-3,6-7H,4-5H2,(H3,14,15,16,17). The number of fused-ring (bicyclic) bond motifs is 1. The highest BCUT2D eigenvalue weighted by Gasteiger charge is 2.05. The van der Waals surface area contributed by atoms with Crippen LogP contribution in [0.1, 0.15) is 5.82 Å². The van der Waals surface area contributed by atoms with Gasteiger partial charge in [-0.3, -0.25) is 4.40 Å². The maximum absolute atomic E-state index is 5.81. The van der Waals surface area contributed by atoms with Crippen LogP contribution in [0.4, 0.5) is 11.8 Å². The van der Waals surface area contributed by atoms with Crippen molar-refractivity contribution < 1.29 is 0 Å². The second-order valence-electron chi connectivity index (χ2n) is 4.16. The van der Waals surface area contributed by atoms with Gasteiger partial charge in [-0.2, -0.15) is 4.98 Å². The van der Waals surface area contributed by atoms with Gasteiger partial charge in [0.15, 0.2) is 5.65 Å². The lowest BCUT2D eigenvalue weighted by Gasteiger charge is -2.05. The van der Waals surface area contributed by atoms with Crippen LogP contribution in [0.2, 0.25) is 5.15 Å². The molecule has 0 unspecified atom stereocenters. The highest BCUT2D eigenvalue weighted by Crippen LogP contribution is 2.12. The molecule has 0 aliphatic carbocycles. The fourth-order valence-corrected chi connectivity index (χ4v) is 2.08. The van der Waals surface area contributed by atoms with Gasteiger partial charge in [0.1, 0.15) is 16.8 Å². The first-order chi connectivity index (χ1) is 9.72. The molecular weight excluding hydrogens is 278 g/mol. The van der Waals surface area contributed by atoms with Crippen molar-refractivity contribution in [2.75, 3.05) is 17.6 Å². The van der Waals surface area contributed by atoms with Gasteiger partial charge < -0.3 is 11.1 Å². The van der Waals surface area contributed by atoms with Crippen molar-refractivity contribution in [2.45, 2.75) is 6.42 Å². The van der Waals surface area contributed by atoms with Crippen molar-refractivity contribution in [1.82, 2.24) is 24.6 Å². The molecule has 20 heavy (non-hydrogen) atoms. The van der Waals surface area contributed by atoms with E-state index in [1.807, 2.05) is 28.8 Å². The summed E-state index contributed by atoms with van der Waals surface area (Å²) in [5, 5.41) is 11.7. The first-order valence-electron chi connectivity index (χ1n) is 6.05. The Balaban J connectivity index is 1.68. The van der Waals surface area contributed by atoms with Gasteiger partial charge in [0.2, 0.25) is 5.95 Å². The van der Waals surface area contributed by atoms with E-state index in [-0.39, 0.29) is 5.95 Å². The first kappa shape index (κ1) is 12.6. The van der Waals surface area contributed by atoms with Crippen LogP contribution in [0.5, 0.6) is 0 Å². The molecule has 0 bridgehead atoms. The molecule has 0 aliphatic rings. The molecular formula is C12H12ClN7. The van der Waals surface area contributed by atoms with Crippen LogP contribution in [0.3, 0.4) is 0 Å². The SMILES string of the molecule is Nc1nc(Cl)cc(NCCc2nnc3ccccn23)n1. The Labute approximate surface area is 119 Å². The smallest absolute Gasteiger partial charge is 0.223 e. The molecule has 8 heteroatoms. The van der Waals surface area contributed by atoms with E-state index >= 15 is 0 Å². The fraction of sp³-hybridized carbons (Fsp3) is 0.167. The maximum atomic E-state index is 5.81. The predicted octanol–water partition coefficient (Wildman–Crippen LogP) is 1.41. The number of nitrogen functional groups attached to an aromatic ring is 1. The summed E-state index contributed by atoms with van der Waals surface area (Å²) in [4.78, 5) is 7.84. The molecule has 102 valence electrons. The fourth-order valence-electron chi connectivity index (χ4n) is 1.89. The van der Waals surface area contributed by atoms with Crippen LogP contribution in [-0.4, -0.2) is 31.1 Å². The van der Waals surface area contributed by atoms with Crippen LogP contribution >= 0.6 is 11.6 Å². The number of pyridine rings is 1. The number of halogens is 1. The number of anilines is 2. The molecule has 0 spiro atoms. The molecule has 3 heterocycles. The Hall–Kier alpha value is -2.41. The Morgan fingerprint density at radius 2 is 2.15 bits per heavy atom. The van der Waals surface area contributed by atoms with E-state index in [1.54, 1.807) is 6.07 Å². The first-order valence-corrected chi connectivity index (χ1v) is 6.43. The quantitative estimate of drug-likeness (QED) is 0.705. The average molecular weight is 290 g/mol. The van der Waals surface area contributed by atoms with Crippen LogP contribution < -0.4 is 11.1 Å². The van der Waals surface area contributed by atoms with Crippen molar-refractivity contribution in [3.8, 4) is 0 Å². The minimum atomic E-state index is 0.146. The second kappa shape index (κ2) is 5.30. The van der Waals surface area contributed by atoms with Gasteiger partial charge in [0.25, 0.3) is 0 Å². The third-order valence-corrected chi connectivity index (χ3v) is 2.94. The van der Waals surface area contributed by atoms with Gasteiger partial charge >= 0.3 is 0 Å². The minimum absolute atomic E-state index is 0.146. The molecule has 3 N–H and O–H groups in total. The number of hydrogen-bond acceptors (Lipinski definition) is 6. The lowest BCUT2D eigenvalue weighted by molar-refractivity contribution is 0.867. The van der Waals surface area contributed by atoms with E-state index in [9.17, 15) is 0 Å². The number of rotatable bonds is 4. The molecule has 0 fully saturated rings. The summed E-state index contributed by atoms with van der Waals surface area (Å²) in [6, 6.07) is 7.41. The third kappa shape index (κ3) is 2.62. The molecule has 0 radical (unpaired) electrons. The molecule has 0 saturated heterocycles. The number of nitrogens with zero attached hydrogens (tertiary/aromatic N) is 5. The highest BCUT2D eigenvalue weighted by atomic mass is 35.5. The van der Waals surface area contributed by atoms with Crippen LogP contribution in [0, 0.1) is 0 Å². The molecule has 0 saturated carbocycles. The number of aromatic nitrogens is 5. The van der Waals surface area contributed by atoms with Gasteiger partial charge in [-0.15, -0.1) is 10.2 Å². The third-order valence-electron chi connectivity index (χ3n) is 2.75. The predicted molar refractivity (Wildman–Crippen MR) is 76.6 cm³/mol. The molecule has 0 aromatic carbocycles. The molecule has 0 atom stereocenters. The van der Waals surface area contributed by atoms with Gasteiger partial charge in [-0.1, -0.05) is 17.7 Å². The zero-order valence-electron chi connectivity index (χ0n) is 10.5. The Kier molecular flexibility index (Phi) is 3.34. The maximum Gasteiger partial charge on any atom is 0.223 e. The molecule has 0 aliphatic heterocycles. The van der Waals surface area contributed by atoms with Crippen molar-refractivity contribution in [3.63, 3.8) is 0 Å². The lowest BCUT2D eigenvalue weighted by atomic mass is 10.4. The van der Waals surface area contributed by atoms with Gasteiger partial charge in [-0.25, -0.2) is 4.98 Å². The number of hydrogen-bond donors (Lipinski definition) is 2. The molecule has 0 amide bonds. The number of nitrogens with two attached hydrogens (primary N) is 1. The summed E-state index contributed by atoms with van der Waals surface area (Å²) in [5.74, 6) is 1.62. The molecule has 3 aromatic heterocycles. The zero-order valence-corrected chi connectivity index (χ0v) is 11.2. The average Bonchev–Trinajstić information content (AvgIpc) is 2.81. The van der Waals surface area contributed by atoms with Gasteiger partial charge in [0.05, 0.1) is 0 Å². The Bertz CT molecular complexity index is 719. The largest absolute Gasteiger partial charge is 0.369 e. The van der Waals surface area contributed by atoms with E-state index in [2.05, 4.69) is 25.5 Å². The topological polar surface area (TPSA) is 94.0 Å². The summed E-state index contributed by atoms with van der Waals surface area (Å²) in [6.45, 7) is 0.641. The Morgan fingerprint density at radius 1 is 1.25 bits per heavy atom. The second-order valence-corrected chi connectivity index (χ2v) is 4.54. The summed E-state index contributed by atoms with van der Waals surface area (Å²) < 4.78 is 1.95. The van der Waals surface area contributed by atoms with E-state index in [0.717, 1.165) is 11.5 Å². The van der Waals surface area contributed by atoms with E-state index < -0.39 is 0 Å². The zero-order chi connectivity index (χ0) is 13.9. The van der Waals surface area contributed by atoms with Crippen molar-refractivity contribution in [3.05, 3.63) is 41.4 Å². The molecule has 7 nitrogen and oxygen atoms in total. The summed E-state index contributed by atoms with van der Waals surface area (Å²) in [7, 11) is 0. The summed E-state index contributed by atoms with van der Waals surface area (Å²) >= 11 is 5.81. The monoisotopic (exact) mass is 289 g/mol. The normalized spacial score (nSPS) is 10.8.